The van der Waals surface area contributed by atoms with Gasteiger partial charge in [-0.25, -0.2) is 4.79 Å². The van der Waals surface area contributed by atoms with Gasteiger partial charge in [-0.2, -0.15) is 0 Å². The zero-order chi connectivity index (χ0) is 12.7. The van der Waals surface area contributed by atoms with Gasteiger partial charge in [0.1, 0.15) is 11.5 Å². The van der Waals surface area contributed by atoms with Crippen molar-refractivity contribution in [1.29, 1.82) is 0 Å². The quantitative estimate of drug-likeness (QED) is 0.607. The molecular weight excluding hydrogens is 226 g/mol. The molecule has 0 radical (unpaired) electrons. The van der Waals surface area contributed by atoms with E-state index >= 15 is 0 Å². The Morgan fingerprint density at radius 3 is 2.59 bits per heavy atom. The minimum absolute atomic E-state index is 0.0621. The Bertz CT molecular complexity index is 600. The summed E-state index contributed by atoms with van der Waals surface area (Å²) in [5.74, 6) is -0.116. The molecule has 0 unspecified atom stereocenters. The van der Waals surface area contributed by atoms with E-state index in [0.29, 0.717) is 11.5 Å². The van der Waals surface area contributed by atoms with Crippen LogP contribution in [0.25, 0.3) is 0 Å². The summed E-state index contributed by atoms with van der Waals surface area (Å²) in [5, 5.41) is 2.90. The van der Waals surface area contributed by atoms with Gasteiger partial charge < -0.3 is 16.0 Å². The maximum Gasteiger partial charge on any atom is 0.332 e. The van der Waals surface area contributed by atoms with Crippen molar-refractivity contribution in [2.45, 2.75) is 0 Å². The van der Waals surface area contributed by atoms with Crippen LogP contribution in [0.3, 0.4) is 0 Å². The monoisotopic (exact) mass is 239 g/mol. The maximum absolute atomic E-state index is 11.9. The average Bonchev–Trinajstić information content (AvgIpc) is 2.66. The van der Waals surface area contributed by atoms with E-state index in [-0.39, 0.29) is 13.2 Å². The Morgan fingerprint density at radius 1 is 1.35 bits per heavy atom. The van der Waals surface area contributed by atoms with E-state index in [1.165, 1.54) is 16.5 Å². The molecule has 0 bridgehead atoms. The zero-order valence-electron chi connectivity index (χ0n) is 9.56. The molecule has 0 saturated heterocycles. The first kappa shape index (κ1) is 11.2. The number of fused-ring (bicyclic) bond motifs is 1. The number of nitrogens with one attached hydrogen (secondary N) is 1. The molecule has 0 fully saturated rings. The summed E-state index contributed by atoms with van der Waals surface area (Å²) in [6, 6.07) is 0. The standard InChI is InChI=1S/C9H13N5O3/c1-12-7-6(8(16)13(2)9(12)17)14(4-11-7)3-5(10)15/h11H,3-4H2,1-2H3,(H2,10,15). The van der Waals surface area contributed by atoms with Crippen LogP contribution in [0, 0.1) is 0 Å². The van der Waals surface area contributed by atoms with E-state index in [1.807, 2.05) is 0 Å². The molecule has 92 valence electrons. The van der Waals surface area contributed by atoms with Crippen LogP contribution >= 0.6 is 0 Å². The molecule has 8 heteroatoms. The highest BCUT2D eigenvalue weighted by Crippen LogP contribution is 2.24. The molecule has 1 amide bonds. The molecule has 0 atom stereocenters. The van der Waals surface area contributed by atoms with E-state index in [4.69, 9.17) is 5.73 Å². The molecule has 8 nitrogen and oxygen atoms in total. The van der Waals surface area contributed by atoms with Gasteiger partial charge in [0.2, 0.25) is 5.91 Å². The smallest absolute Gasteiger partial charge is 0.332 e. The van der Waals surface area contributed by atoms with Crippen molar-refractivity contribution in [3.05, 3.63) is 20.8 Å². The second kappa shape index (κ2) is 3.65. The van der Waals surface area contributed by atoms with Crippen LogP contribution in [0.4, 0.5) is 11.5 Å². The van der Waals surface area contributed by atoms with Crippen LogP contribution in [0.2, 0.25) is 0 Å². The number of primary amides is 1. The van der Waals surface area contributed by atoms with Crippen molar-refractivity contribution in [3.63, 3.8) is 0 Å². The SMILES string of the molecule is Cn1c2c(c(=O)n(C)c1=O)N(CC(N)=O)CN2. The molecule has 1 aliphatic heterocycles. The fourth-order valence-electron chi connectivity index (χ4n) is 1.89. The number of hydrogen-bond acceptors (Lipinski definition) is 5. The van der Waals surface area contributed by atoms with Crippen LogP contribution in [-0.2, 0) is 18.9 Å². The lowest BCUT2D eigenvalue weighted by Crippen LogP contribution is -2.41. The molecule has 0 spiro atoms. The summed E-state index contributed by atoms with van der Waals surface area (Å²) in [4.78, 5) is 36.0. The molecular formula is C9H13N5O3. The third-order valence-electron chi connectivity index (χ3n) is 2.74. The highest BCUT2D eigenvalue weighted by molar-refractivity contribution is 5.82. The molecule has 1 aromatic rings. The summed E-state index contributed by atoms with van der Waals surface area (Å²) in [6.45, 7) is 0.220. The Morgan fingerprint density at radius 2 is 2.00 bits per heavy atom. The number of carbonyl (C=O) groups is 1. The van der Waals surface area contributed by atoms with Gasteiger partial charge in [0.05, 0.1) is 13.2 Å². The van der Waals surface area contributed by atoms with Crippen LogP contribution in [0.15, 0.2) is 9.59 Å². The largest absolute Gasteiger partial charge is 0.368 e. The van der Waals surface area contributed by atoms with E-state index in [1.54, 1.807) is 7.05 Å². The summed E-state index contributed by atoms with van der Waals surface area (Å²) in [6.07, 6.45) is 0. The number of nitrogens with zero attached hydrogens (tertiary/aromatic N) is 3. The van der Waals surface area contributed by atoms with Crippen molar-refractivity contribution in [1.82, 2.24) is 9.13 Å². The second-order valence-electron chi connectivity index (χ2n) is 3.90. The van der Waals surface area contributed by atoms with Crippen molar-refractivity contribution in [2.75, 3.05) is 23.4 Å². The van der Waals surface area contributed by atoms with E-state index in [9.17, 15) is 14.4 Å². The third-order valence-corrected chi connectivity index (χ3v) is 2.74. The van der Waals surface area contributed by atoms with Crippen molar-refractivity contribution in [2.24, 2.45) is 19.8 Å². The van der Waals surface area contributed by atoms with Crippen LogP contribution in [-0.4, -0.2) is 28.3 Å². The van der Waals surface area contributed by atoms with Crippen molar-refractivity contribution < 1.29 is 4.79 Å². The first-order valence-corrected chi connectivity index (χ1v) is 5.00. The fourth-order valence-corrected chi connectivity index (χ4v) is 1.89. The lowest BCUT2D eigenvalue weighted by Gasteiger charge is -2.15. The number of rotatable bonds is 2. The van der Waals surface area contributed by atoms with Crippen molar-refractivity contribution >= 4 is 17.4 Å². The molecule has 1 aromatic heterocycles. The predicted molar refractivity (Wildman–Crippen MR) is 62.0 cm³/mol. The average molecular weight is 239 g/mol. The summed E-state index contributed by atoms with van der Waals surface area (Å²) >= 11 is 0. The topological polar surface area (TPSA) is 102 Å². The molecule has 2 heterocycles. The van der Waals surface area contributed by atoms with Gasteiger partial charge in [-0.1, -0.05) is 0 Å². The Hall–Kier alpha value is -2.25. The lowest BCUT2D eigenvalue weighted by molar-refractivity contribution is -0.116. The molecule has 17 heavy (non-hydrogen) atoms. The van der Waals surface area contributed by atoms with Crippen molar-refractivity contribution in [3.8, 4) is 0 Å². The Labute approximate surface area is 96.2 Å². The van der Waals surface area contributed by atoms with E-state index in [0.717, 1.165) is 4.57 Å². The molecule has 1 aliphatic rings. The van der Waals surface area contributed by atoms with Crippen LogP contribution in [0.1, 0.15) is 0 Å². The van der Waals surface area contributed by atoms with Crippen LogP contribution < -0.4 is 27.2 Å². The molecule has 0 aliphatic carbocycles. The normalized spacial score (nSPS) is 13.4. The van der Waals surface area contributed by atoms with Gasteiger partial charge in [-0.15, -0.1) is 0 Å². The number of anilines is 2. The van der Waals surface area contributed by atoms with Gasteiger partial charge in [0, 0.05) is 14.1 Å². The number of nitrogens with two attached hydrogens (primary N) is 1. The number of hydrogen-bond donors (Lipinski definition) is 2. The van der Waals surface area contributed by atoms with E-state index in [2.05, 4.69) is 5.32 Å². The lowest BCUT2D eigenvalue weighted by atomic mass is 10.4. The minimum atomic E-state index is -0.532. The minimum Gasteiger partial charge on any atom is -0.368 e. The molecule has 3 N–H and O–H groups in total. The summed E-state index contributed by atoms with van der Waals surface area (Å²) in [7, 11) is 2.95. The Kier molecular flexibility index (Phi) is 2.41. The Balaban J connectivity index is 2.64. The van der Waals surface area contributed by atoms with Gasteiger partial charge in [0.25, 0.3) is 5.56 Å². The summed E-state index contributed by atoms with van der Waals surface area (Å²) in [5.41, 5.74) is 4.55. The highest BCUT2D eigenvalue weighted by atomic mass is 16.2. The van der Waals surface area contributed by atoms with E-state index < -0.39 is 17.2 Å². The number of aromatic nitrogens is 2. The molecule has 0 saturated carbocycles. The predicted octanol–water partition coefficient (Wildman–Crippen LogP) is -2.24. The van der Waals surface area contributed by atoms with Gasteiger partial charge in [-0.3, -0.25) is 18.7 Å². The first-order valence-electron chi connectivity index (χ1n) is 5.00. The second-order valence-corrected chi connectivity index (χ2v) is 3.90. The number of carbonyl (C=O) groups excluding carboxylic acids is 1. The third kappa shape index (κ3) is 1.57. The van der Waals surface area contributed by atoms with Crippen LogP contribution in [0.5, 0.6) is 0 Å². The molecule has 0 aromatic carbocycles. The number of amides is 1. The maximum atomic E-state index is 11.9. The van der Waals surface area contributed by atoms with Gasteiger partial charge in [0.15, 0.2) is 0 Å². The first-order chi connectivity index (χ1) is 7.93. The van der Waals surface area contributed by atoms with Gasteiger partial charge in [-0.05, 0) is 0 Å². The molecule has 2 rings (SSSR count). The zero-order valence-corrected chi connectivity index (χ0v) is 9.56. The van der Waals surface area contributed by atoms with Gasteiger partial charge >= 0.3 is 5.69 Å². The summed E-state index contributed by atoms with van der Waals surface area (Å²) < 4.78 is 2.33. The highest BCUT2D eigenvalue weighted by Gasteiger charge is 2.27. The fraction of sp³-hybridized carbons (Fsp3) is 0.444.